The Hall–Kier alpha value is -6.13. The summed E-state index contributed by atoms with van der Waals surface area (Å²) in [5.41, 5.74) is 15.5. The minimum atomic E-state index is -0.990. The molecule has 2 atom stereocenters. The molecule has 4 N–H and O–H groups in total. The second-order valence-corrected chi connectivity index (χ2v) is 16.3. The number of ketones is 1. The number of hydrogen-bond acceptors (Lipinski definition) is 13. The lowest BCUT2D eigenvalue weighted by Gasteiger charge is -2.40. The molecule has 0 aliphatic carbocycles. The fraction of sp³-hybridized carbons (Fsp3) is 0.311. The van der Waals surface area contributed by atoms with Gasteiger partial charge in [-0.25, -0.2) is 23.7 Å². The summed E-state index contributed by atoms with van der Waals surface area (Å²) in [7, 11) is 1.49. The summed E-state index contributed by atoms with van der Waals surface area (Å²) >= 11 is 3.47. The molecule has 0 radical (unpaired) electrons. The number of aliphatic imine (C=N–C) groups is 2. The Kier molecular flexibility index (Phi) is 10.6. The number of nitrogens with zero attached hydrogens (tertiary/aromatic N) is 4. The molecule has 0 unspecified atom stereocenters. The van der Waals surface area contributed by atoms with E-state index >= 15 is 4.39 Å². The normalized spacial score (nSPS) is 21.0. The number of methoxy groups -OCH3 is 1. The van der Waals surface area contributed by atoms with Crippen LogP contribution in [0.3, 0.4) is 0 Å². The highest BCUT2D eigenvalue weighted by atomic mass is 79.9. The van der Waals surface area contributed by atoms with Crippen molar-refractivity contribution in [2.45, 2.75) is 56.0 Å². The Bertz CT molecular complexity index is 2620. The lowest BCUT2D eigenvalue weighted by atomic mass is 9.75. The quantitative estimate of drug-likeness (QED) is 0.164. The molecule has 0 bridgehead atoms. The van der Waals surface area contributed by atoms with Crippen LogP contribution < -0.4 is 25.7 Å². The first-order valence-electron chi connectivity index (χ1n) is 19.8. The number of halogens is 3. The van der Waals surface area contributed by atoms with Gasteiger partial charge < -0.3 is 39.9 Å². The summed E-state index contributed by atoms with van der Waals surface area (Å²) < 4.78 is 64.5. The number of aromatic nitrogens is 2. The van der Waals surface area contributed by atoms with E-state index in [1.807, 2.05) is 31.2 Å². The summed E-state index contributed by atoms with van der Waals surface area (Å²) in [6, 6.07) is 17.7. The van der Waals surface area contributed by atoms with E-state index in [4.69, 9.17) is 44.9 Å². The van der Waals surface area contributed by atoms with Crippen molar-refractivity contribution in [2.75, 3.05) is 33.5 Å². The van der Waals surface area contributed by atoms with Crippen molar-refractivity contribution in [3.63, 3.8) is 0 Å². The molecule has 314 valence electrons. The van der Waals surface area contributed by atoms with Gasteiger partial charge in [-0.15, -0.1) is 0 Å². The Balaban J connectivity index is 0.000000171. The van der Waals surface area contributed by atoms with Crippen LogP contribution in [0.4, 0.5) is 8.78 Å². The highest BCUT2D eigenvalue weighted by molar-refractivity contribution is 9.10. The number of amidine groups is 2. The van der Waals surface area contributed by atoms with Gasteiger partial charge in [-0.05, 0) is 85.3 Å². The predicted molar refractivity (Wildman–Crippen MR) is 224 cm³/mol. The van der Waals surface area contributed by atoms with Crippen molar-refractivity contribution in [2.24, 2.45) is 21.5 Å². The van der Waals surface area contributed by atoms with E-state index in [0.717, 1.165) is 45.3 Å². The molecule has 61 heavy (non-hydrogen) atoms. The number of Topliss-reactive ketones (excluding diaryl/α,β-unsaturated/α-hetero) is 1. The van der Waals surface area contributed by atoms with Crippen molar-refractivity contribution in [1.29, 1.82) is 0 Å². The Morgan fingerprint density at radius 3 is 2.03 bits per heavy atom. The molecular formula is C45H41BrF2N6O7. The third-order valence-corrected chi connectivity index (χ3v) is 12.2. The minimum absolute atomic E-state index is 0.0401. The number of rotatable bonds is 5. The topological polar surface area (TPSA) is 175 Å². The van der Waals surface area contributed by atoms with Crippen LogP contribution in [0, 0.1) is 18.6 Å². The van der Waals surface area contributed by atoms with E-state index in [1.165, 1.54) is 19.4 Å². The number of benzene rings is 4. The van der Waals surface area contributed by atoms with E-state index in [-0.39, 0.29) is 41.7 Å². The number of carbonyl (C=O) groups is 1. The molecule has 1 aromatic heterocycles. The van der Waals surface area contributed by atoms with Crippen molar-refractivity contribution in [1.82, 2.24) is 9.97 Å². The molecular weight excluding hydrogens is 854 g/mol. The van der Waals surface area contributed by atoms with Gasteiger partial charge in [0.25, 0.3) is 12.0 Å². The Morgan fingerprint density at radius 1 is 0.787 bits per heavy atom. The molecule has 1 fully saturated rings. The van der Waals surface area contributed by atoms with Gasteiger partial charge in [0.1, 0.15) is 34.0 Å². The molecule has 2 spiro atoms. The van der Waals surface area contributed by atoms with Crippen LogP contribution in [-0.2, 0) is 31.7 Å². The van der Waals surface area contributed by atoms with Gasteiger partial charge in [-0.2, -0.15) is 0 Å². The average Bonchev–Trinajstić information content (AvgIpc) is 3.26. The molecule has 10 rings (SSSR count). The van der Waals surface area contributed by atoms with Gasteiger partial charge >= 0.3 is 0 Å². The number of hydrogen-bond donors (Lipinski definition) is 2. The van der Waals surface area contributed by atoms with Gasteiger partial charge in [0.15, 0.2) is 28.9 Å². The zero-order chi connectivity index (χ0) is 42.5. The molecule has 0 saturated carbocycles. The van der Waals surface area contributed by atoms with E-state index in [9.17, 15) is 9.18 Å². The summed E-state index contributed by atoms with van der Waals surface area (Å²) in [6.45, 7) is 3.81. The molecule has 5 aromatic rings. The fourth-order valence-corrected chi connectivity index (χ4v) is 9.03. The van der Waals surface area contributed by atoms with Crippen molar-refractivity contribution < 1.29 is 42.0 Å². The molecule has 0 amide bonds. The third-order valence-electron chi connectivity index (χ3n) is 11.7. The molecule has 13 nitrogen and oxygen atoms in total. The van der Waals surface area contributed by atoms with Crippen molar-refractivity contribution >= 4 is 33.8 Å². The van der Waals surface area contributed by atoms with Crippen molar-refractivity contribution in [3.05, 3.63) is 134 Å². The Labute approximate surface area is 358 Å². The minimum Gasteiger partial charge on any atom is -0.497 e. The number of carbonyl (C=O) groups excluding carboxylic acids is 1. The van der Waals surface area contributed by atoms with Crippen molar-refractivity contribution in [3.8, 4) is 28.7 Å². The van der Waals surface area contributed by atoms with Crippen LogP contribution in [0.2, 0.25) is 0 Å². The zero-order valence-electron chi connectivity index (χ0n) is 33.3. The smallest absolute Gasteiger partial charge is 0.283 e. The maximum Gasteiger partial charge on any atom is 0.283 e. The van der Waals surface area contributed by atoms with Gasteiger partial charge in [0.2, 0.25) is 0 Å². The van der Waals surface area contributed by atoms with Crippen LogP contribution in [0.15, 0.2) is 87.5 Å². The zero-order valence-corrected chi connectivity index (χ0v) is 34.9. The number of aryl methyl sites for hydroxylation is 1. The SMILES string of the molecule is COc1cc(F)c2c(c1)[C@]1(CCOC(N)=N1)c1cc(Br)ccc1O2.Cc1cnc(C(=O)Cc2ccc3c(c2)[C@@]2(CCOC(N)=N2)c2cc(C4CCOCC4)cc(F)c2O3)cn1. The van der Waals surface area contributed by atoms with Crippen LogP contribution in [-0.4, -0.2) is 61.3 Å². The lowest BCUT2D eigenvalue weighted by molar-refractivity contribution is 0.0852. The standard InChI is InChI=1S/C28H27FN4O4.C17H14BrFN2O3/c1-16-14-32-23(15-31-16)24(34)11-17-2-3-25-20(10-17)28(6-9-36-27(30)33-28)21-12-19(13-22(29)26(21)37-25)18-4-7-35-8-5-18;1-22-10-7-12-15(13(19)8-10)24-14-3-2-9(18)6-11(14)17(12)4-5-23-16(20)21-17/h2-3,10,12-15,18H,4-9,11H2,1H3,(H2,30,33);2-3,6-8H,4-5H2,1H3,(H2,20,21)/t28-;17-/m00/s1. The van der Waals surface area contributed by atoms with E-state index in [2.05, 4.69) is 30.9 Å². The van der Waals surface area contributed by atoms with Gasteiger partial charge in [-0.1, -0.05) is 22.0 Å². The fourth-order valence-electron chi connectivity index (χ4n) is 8.66. The predicted octanol–water partition coefficient (Wildman–Crippen LogP) is 8.01. The third kappa shape index (κ3) is 7.41. The second-order valence-electron chi connectivity index (χ2n) is 15.4. The number of ether oxygens (including phenoxy) is 6. The summed E-state index contributed by atoms with van der Waals surface area (Å²) in [5.74, 6) is 0.828. The second kappa shape index (κ2) is 16.0. The molecule has 4 aromatic carbocycles. The van der Waals surface area contributed by atoms with Gasteiger partial charge in [0.05, 0.1) is 32.2 Å². The maximum atomic E-state index is 15.6. The van der Waals surface area contributed by atoms with E-state index < -0.39 is 22.7 Å². The first-order valence-corrected chi connectivity index (χ1v) is 20.6. The van der Waals surface area contributed by atoms with Crippen LogP contribution in [0.5, 0.6) is 28.7 Å². The number of nitrogens with two attached hydrogens (primary N) is 2. The average molecular weight is 896 g/mol. The largest absolute Gasteiger partial charge is 0.497 e. The summed E-state index contributed by atoms with van der Waals surface area (Å²) in [6.07, 6.45) is 5.80. The first-order chi connectivity index (χ1) is 29.5. The van der Waals surface area contributed by atoms with Crippen LogP contribution >= 0.6 is 15.9 Å². The van der Waals surface area contributed by atoms with Gasteiger partial charge in [-0.3, -0.25) is 9.78 Å². The van der Waals surface area contributed by atoms with Gasteiger partial charge in [0, 0.05) is 71.5 Å². The lowest BCUT2D eigenvalue weighted by Crippen LogP contribution is -2.39. The summed E-state index contributed by atoms with van der Waals surface area (Å²) in [4.78, 5) is 30.6. The monoisotopic (exact) mass is 894 g/mol. The number of fused-ring (bicyclic) bond motifs is 8. The highest BCUT2D eigenvalue weighted by Gasteiger charge is 2.48. The van der Waals surface area contributed by atoms with Crippen LogP contribution in [0.1, 0.15) is 81.2 Å². The summed E-state index contributed by atoms with van der Waals surface area (Å²) in [5, 5.41) is 0. The first kappa shape index (κ1) is 40.3. The molecule has 5 aliphatic rings. The molecule has 6 heterocycles. The molecule has 1 saturated heterocycles. The highest BCUT2D eigenvalue weighted by Crippen LogP contribution is 2.55. The van der Waals surface area contributed by atoms with E-state index in [1.54, 1.807) is 36.5 Å². The Morgan fingerprint density at radius 2 is 1.41 bits per heavy atom. The molecule has 16 heteroatoms. The van der Waals surface area contributed by atoms with Crippen LogP contribution in [0.25, 0.3) is 0 Å². The van der Waals surface area contributed by atoms with E-state index in [0.29, 0.717) is 73.3 Å². The molecule has 5 aliphatic heterocycles. The maximum absolute atomic E-state index is 15.6.